The number of nitrogens with zero attached hydrogens (tertiary/aromatic N) is 1. The Balaban J connectivity index is 2.11. The van der Waals surface area contributed by atoms with Gasteiger partial charge in [-0.2, -0.15) is 0 Å². The summed E-state index contributed by atoms with van der Waals surface area (Å²) in [6.07, 6.45) is 3.43. The molecule has 0 aliphatic heterocycles. The molecule has 108 valence electrons. The molecule has 0 aliphatic carbocycles. The van der Waals surface area contributed by atoms with Gasteiger partial charge in [0, 0.05) is 12.4 Å². The number of ether oxygens (including phenoxy) is 1. The molecular weight excluding hydrogens is 292 g/mol. The molecule has 21 heavy (non-hydrogen) atoms. The van der Waals surface area contributed by atoms with Crippen LogP contribution in [0.2, 0.25) is 5.02 Å². The molecule has 2 aromatic rings. The monoisotopic (exact) mass is 304 g/mol. The van der Waals surface area contributed by atoms with Gasteiger partial charge < -0.3 is 10.1 Å². The van der Waals surface area contributed by atoms with Gasteiger partial charge in [-0.3, -0.25) is 9.78 Å². The van der Waals surface area contributed by atoms with Gasteiger partial charge in [-0.25, -0.2) is 4.79 Å². The zero-order valence-electron chi connectivity index (χ0n) is 11.3. The van der Waals surface area contributed by atoms with Crippen LogP contribution in [-0.2, 0) is 16.0 Å². The number of anilines is 1. The van der Waals surface area contributed by atoms with Gasteiger partial charge >= 0.3 is 5.97 Å². The largest absolute Gasteiger partial charge is 0.465 e. The van der Waals surface area contributed by atoms with Crippen molar-refractivity contribution < 1.29 is 14.3 Å². The molecule has 1 amide bonds. The number of benzene rings is 1. The highest BCUT2D eigenvalue weighted by molar-refractivity contribution is 6.33. The number of carbonyl (C=O) groups is 2. The lowest BCUT2D eigenvalue weighted by atomic mass is 10.1. The summed E-state index contributed by atoms with van der Waals surface area (Å²) in [7, 11) is 1.29. The molecule has 0 spiro atoms. The van der Waals surface area contributed by atoms with Gasteiger partial charge in [0.05, 0.1) is 29.8 Å². The third-order valence-electron chi connectivity index (χ3n) is 2.78. The van der Waals surface area contributed by atoms with E-state index in [1.54, 1.807) is 24.5 Å². The van der Waals surface area contributed by atoms with Crippen LogP contribution in [0.4, 0.5) is 5.69 Å². The zero-order chi connectivity index (χ0) is 15.2. The minimum absolute atomic E-state index is 0.196. The maximum absolute atomic E-state index is 12.0. The fraction of sp³-hybridized carbons (Fsp3) is 0.133. The Hall–Kier alpha value is -2.40. The smallest absolute Gasteiger partial charge is 0.337 e. The maximum atomic E-state index is 12.0. The van der Waals surface area contributed by atoms with Crippen LogP contribution in [0.1, 0.15) is 15.9 Å². The molecule has 2 rings (SSSR count). The van der Waals surface area contributed by atoms with Gasteiger partial charge in [-0.1, -0.05) is 11.6 Å². The van der Waals surface area contributed by atoms with Gasteiger partial charge in [0.1, 0.15) is 0 Å². The molecule has 1 aromatic carbocycles. The molecular formula is C15H13ClN2O3. The van der Waals surface area contributed by atoms with Gasteiger partial charge in [0.2, 0.25) is 5.91 Å². The van der Waals surface area contributed by atoms with Crippen LogP contribution in [0.5, 0.6) is 0 Å². The first-order valence-electron chi connectivity index (χ1n) is 6.17. The number of amides is 1. The number of halogens is 1. The first-order valence-corrected chi connectivity index (χ1v) is 6.54. The maximum Gasteiger partial charge on any atom is 0.337 e. The van der Waals surface area contributed by atoms with Crippen LogP contribution in [-0.4, -0.2) is 24.0 Å². The van der Waals surface area contributed by atoms with Crippen LogP contribution in [0, 0.1) is 0 Å². The Kier molecular flexibility index (Phi) is 4.90. The normalized spacial score (nSPS) is 10.0. The Morgan fingerprint density at radius 2 is 1.95 bits per heavy atom. The summed E-state index contributed by atoms with van der Waals surface area (Å²) in [5, 5.41) is 3.03. The summed E-state index contributed by atoms with van der Waals surface area (Å²) < 4.78 is 4.63. The second kappa shape index (κ2) is 6.85. The number of esters is 1. The molecule has 0 bridgehead atoms. The van der Waals surface area contributed by atoms with E-state index in [-0.39, 0.29) is 12.3 Å². The third kappa shape index (κ3) is 4.03. The van der Waals surface area contributed by atoms with Crippen LogP contribution in [0.3, 0.4) is 0 Å². The fourth-order valence-corrected chi connectivity index (χ4v) is 1.91. The van der Waals surface area contributed by atoms with E-state index in [4.69, 9.17) is 11.6 Å². The number of hydrogen-bond acceptors (Lipinski definition) is 4. The summed E-state index contributed by atoms with van der Waals surface area (Å²) >= 11 is 6.01. The van der Waals surface area contributed by atoms with E-state index in [0.29, 0.717) is 16.3 Å². The third-order valence-corrected chi connectivity index (χ3v) is 3.11. The van der Waals surface area contributed by atoms with Crippen molar-refractivity contribution in [3.8, 4) is 0 Å². The minimum atomic E-state index is -0.490. The SMILES string of the molecule is COC(=O)c1ccc(Cl)c(NC(=O)Cc2ccncc2)c1. The lowest BCUT2D eigenvalue weighted by Crippen LogP contribution is -2.15. The Bertz CT molecular complexity index is 659. The van der Waals surface area contributed by atoms with E-state index < -0.39 is 5.97 Å². The highest BCUT2D eigenvalue weighted by Crippen LogP contribution is 2.23. The van der Waals surface area contributed by atoms with Crippen molar-refractivity contribution >= 4 is 29.2 Å². The summed E-state index contributed by atoms with van der Waals surface area (Å²) in [6.45, 7) is 0. The number of aromatic nitrogens is 1. The summed E-state index contributed by atoms with van der Waals surface area (Å²) in [5.41, 5.74) is 1.53. The second-order valence-electron chi connectivity index (χ2n) is 4.27. The molecule has 0 atom stereocenters. The topological polar surface area (TPSA) is 68.3 Å². The zero-order valence-corrected chi connectivity index (χ0v) is 12.1. The Morgan fingerprint density at radius 1 is 1.24 bits per heavy atom. The highest BCUT2D eigenvalue weighted by atomic mass is 35.5. The quantitative estimate of drug-likeness (QED) is 0.882. The van der Waals surface area contributed by atoms with E-state index in [9.17, 15) is 9.59 Å². The van der Waals surface area contributed by atoms with Gasteiger partial charge in [0.15, 0.2) is 0 Å². The minimum Gasteiger partial charge on any atom is -0.465 e. The molecule has 0 saturated carbocycles. The predicted molar refractivity (Wildman–Crippen MR) is 79.4 cm³/mol. The standard InChI is InChI=1S/C15H13ClN2O3/c1-21-15(20)11-2-3-12(16)13(9-11)18-14(19)8-10-4-6-17-7-5-10/h2-7,9H,8H2,1H3,(H,18,19). The summed E-state index contributed by atoms with van der Waals surface area (Å²) in [6, 6.07) is 8.07. The molecule has 0 fully saturated rings. The van der Waals surface area contributed by atoms with Crippen molar-refractivity contribution in [2.75, 3.05) is 12.4 Å². The summed E-state index contributed by atoms with van der Waals surface area (Å²) in [4.78, 5) is 27.3. The van der Waals surface area contributed by atoms with Crippen molar-refractivity contribution in [2.24, 2.45) is 0 Å². The van der Waals surface area contributed by atoms with Crippen molar-refractivity contribution in [1.29, 1.82) is 0 Å². The molecule has 6 heteroatoms. The molecule has 1 N–H and O–H groups in total. The molecule has 0 radical (unpaired) electrons. The van der Waals surface area contributed by atoms with Crippen molar-refractivity contribution in [3.63, 3.8) is 0 Å². The molecule has 1 heterocycles. The van der Waals surface area contributed by atoms with E-state index in [1.807, 2.05) is 0 Å². The van der Waals surface area contributed by atoms with Gasteiger partial charge in [0.25, 0.3) is 0 Å². The number of carbonyl (C=O) groups excluding carboxylic acids is 2. The van der Waals surface area contributed by atoms with Gasteiger partial charge in [-0.05, 0) is 35.9 Å². The van der Waals surface area contributed by atoms with E-state index >= 15 is 0 Å². The molecule has 0 unspecified atom stereocenters. The van der Waals surface area contributed by atoms with Crippen molar-refractivity contribution in [3.05, 3.63) is 58.9 Å². The van der Waals surface area contributed by atoms with Crippen LogP contribution in [0.15, 0.2) is 42.7 Å². The van der Waals surface area contributed by atoms with E-state index in [2.05, 4.69) is 15.0 Å². The number of methoxy groups -OCH3 is 1. The molecule has 0 aliphatic rings. The highest BCUT2D eigenvalue weighted by Gasteiger charge is 2.11. The average molecular weight is 305 g/mol. The lowest BCUT2D eigenvalue weighted by molar-refractivity contribution is -0.115. The van der Waals surface area contributed by atoms with Crippen LogP contribution in [0.25, 0.3) is 0 Å². The van der Waals surface area contributed by atoms with Gasteiger partial charge in [-0.15, -0.1) is 0 Å². The molecule has 5 nitrogen and oxygen atoms in total. The fourth-order valence-electron chi connectivity index (χ4n) is 1.75. The first kappa shape index (κ1) is 15.0. The van der Waals surface area contributed by atoms with Crippen LogP contribution >= 0.6 is 11.6 Å². The Morgan fingerprint density at radius 3 is 2.62 bits per heavy atom. The van der Waals surface area contributed by atoms with Crippen LogP contribution < -0.4 is 5.32 Å². The average Bonchev–Trinajstić information content (AvgIpc) is 2.49. The number of rotatable bonds is 4. The van der Waals surface area contributed by atoms with E-state index in [1.165, 1.54) is 25.3 Å². The number of nitrogens with one attached hydrogen (secondary N) is 1. The summed E-state index contributed by atoms with van der Waals surface area (Å²) in [5.74, 6) is -0.721. The Labute approximate surface area is 126 Å². The second-order valence-corrected chi connectivity index (χ2v) is 4.67. The molecule has 0 saturated heterocycles. The molecule has 1 aromatic heterocycles. The van der Waals surface area contributed by atoms with Crippen molar-refractivity contribution in [1.82, 2.24) is 4.98 Å². The van der Waals surface area contributed by atoms with Crippen molar-refractivity contribution in [2.45, 2.75) is 6.42 Å². The number of pyridine rings is 1. The lowest BCUT2D eigenvalue weighted by Gasteiger charge is -2.09. The number of hydrogen-bond donors (Lipinski definition) is 1. The predicted octanol–water partition coefficient (Wildman–Crippen LogP) is 2.70. The van der Waals surface area contributed by atoms with E-state index in [0.717, 1.165) is 5.56 Å². The first-order chi connectivity index (χ1) is 10.1.